The van der Waals surface area contributed by atoms with Gasteiger partial charge >= 0.3 is 5.97 Å². The lowest BCUT2D eigenvalue weighted by Crippen LogP contribution is -2.61. The van der Waals surface area contributed by atoms with E-state index in [2.05, 4.69) is 13.0 Å². The average Bonchev–Trinajstić information content (AvgIpc) is 3.38. The third-order valence-corrected chi connectivity index (χ3v) is 16.5. The van der Waals surface area contributed by atoms with Crippen LogP contribution in [0.2, 0.25) is 0 Å². The molecule has 3 N–H and O–H groups in total. The highest BCUT2D eigenvalue weighted by atomic mass is 16.7. The van der Waals surface area contributed by atoms with Gasteiger partial charge in [-0.05, 0) is 125 Å². The van der Waals surface area contributed by atoms with E-state index in [0.29, 0.717) is 63.4 Å². The average molecular weight is 1020 g/mol. The molecule has 1 saturated carbocycles. The Bertz CT molecular complexity index is 2150. The van der Waals surface area contributed by atoms with Crippen molar-refractivity contribution in [1.82, 2.24) is 4.90 Å². The largest absolute Gasteiger partial charge is 0.460 e. The van der Waals surface area contributed by atoms with Crippen molar-refractivity contribution >= 4 is 34.9 Å². The van der Waals surface area contributed by atoms with Gasteiger partial charge in [0, 0.05) is 58.5 Å². The Balaban J connectivity index is 1.35. The molecule has 1 aliphatic carbocycles. The smallest absolute Gasteiger partial charge is 0.329 e. The lowest BCUT2D eigenvalue weighted by Gasteiger charge is -2.43. The number of rotatable bonds is 7. The molecule has 1 aromatic carbocycles. The highest BCUT2D eigenvalue weighted by molar-refractivity contribution is 6.39. The molecule has 406 valence electrons. The number of hydrogen-bond acceptors (Lipinski definition) is 15. The fourth-order valence-electron chi connectivity index (χ4n) is 11.8. The summed E-state index contributed by atoms with van der Waals surface area (Å²) >= 11 is 0. The van der Waals surface area contributed by atoms with Crippen LogP contribution in [0.5, 0.6) is 0 Å². The molecular weight excluding hydrogens is 937 g/mol. The highest BCUT2D eigenvalue weighted by Gasteiger charge is 2.53. The third-order valence-electron chi connectivity index (χ3n) is 16.5. The fraction of sp³-hybridized carbons (Fsp3) is 0.702. The highest BCUT2D eigenvalue weighted by Crippen LogP contribution is 2.39. The maximum absolute atomic E-state index is 14.5. The minimum absolute atomic E-state index is 0.0716. The summed E-state index contributed by atoms with van der Waals surface area (Å²) in [5, 5.41) is 36.2. The number of amides is 1. The molecule has 1 amide bonds. The fourth-order valence-corrected chi connectivity index (χ4v) is 11.8. The zero-order chi connectivity index (χ0) is 53.3. The van der Waals surface area contributed by atoms with Gasteiger partial charge in [-0.15, -0.1) is 0 Å². The van der Waals surface area contributed by atoms with E-state index >= 15 is 0 Å². The molecule has 0 aromatic heterocycles. The Morgan fingerprint density at radius 2 is 1.55 bits per heavy atom. The van der Waals surface area contributed by atoms with Crippen molar-refractivity contribution in [3.05, 3.63) is 65.8 Å². The molecule has 6 aliphatic rings. The minimum atomic E-state index is -2.47. The molecule has 16 heteroatoms. The quantitative estimate of drug-likeness (QED) is 0.146. The first-order valence-corrected chi connectivity index (χ1v) is 26.7. The molecule has 1 aromatic rings. The van der Waals surface area contributed by atoms with Crippen LogP contribution in [0.4, 0.5) is 5.69 Å². The van der Waals surface area contributed by atoms with Crippen molar-refractivity contribution in [2.75, 3.05) is 32.9 Å². The monoisotopic (exact) mass is 1020 g/mol. The van der Waals surface area contributed by atoms with Gasteiger partial charge in [-0.3, -0.25) is 24.0 Å². The van der Waals surface area contributed by atoms with Crippen molar-refractivity contribution in [3.8, 4) is 0 Å². The number of carbonyl (C=O) groups excluding carboxylic acids is 5. The van der Waals surface area contributed by atoms with Crippen molar-refractivity contribution < 1.29 is 67.8 Å². The second-order valence-corrected chi connectivity index (χ2v) is 21.9. The Morgan fingerprint density at radius 3 is 2.23 bits per heavy atom. The molecule has 0 radical (unpaired) electrons. The summed E-state index contributed by atoms with van der Waals surface area (Å²) < 4.78 is 29.9. The lowest BCUT2D eigenvalue weighted by atomic mass is 9.78. The number of esters is 1. The Hall–Kier alpha value is -4.13. The van der Waals surface area contributed by atoms with Crippen molar-refractivity contribution in [3.63, 3.8) is 0 Å². The summed E-state index contributed by atoms with van der Waals surface area (Å²) in [4.78, 5) is 79.7. The predicted octanol–water partition coefficient (Wildman–Crippen LogP) is 6.81. The van der Waals surface area contributed by atoms with E-state index in [1.807, 2.05) is 68.3 Å². The number of piperidine rings is 1. The molecule has 73 heavy (non-hydrogen) atoms. The summed E-state index contributed by atoms with van der Waals surface area (Å²) in [5.41, 5.74) is 2.00. The third kappa shape index (κ3) is 14.0. The number of carbonyl (C=O) groups is 5. The van der Waals surface area contributed by atoms with Gasteiger partial charge in [0.2, 0.25) is 5.79 Å². The number of ketones is 3. The SMILES string of the molecule is CO[C@H]1C[C@@H]2CC[C@@H](C)[C@@](O)(O2)C(=O)C(=O)N2CCCC[C@H]2C(=O)O[C@H]([C@H](C)C[C@@H]2CC[C@@H](O)[C@H](OC)C2)CC(=O)[C@H](C)/C=C(/C)[C@@H](O)[C@@H](OC)C(=O)[C@H](C)C[C@H](C)C2C=CC(/C=C/1C)ON2c1ccccc1. The van der Waals surface area contributed by atoms with Crippen LogP contribution < -0.4 is 5.06 Å². The van der Waals surface area contributed by atoms with Crippen LogP contribution in [0.1, 0.15) is 126 Å². The van der Waals surface area contributed by atoms with Crippen molar-refractivity contribution in [2.24, 2.45) is 35.5 Å². The van der Waals surface area contributed by atoms with E-state index in [1.165, 1.54) is 12.0 Å². The van der Waals surface area contributed by atoms with E-state index in [0.717, 1.165) is 11.3 Å². The zero-order valence-corrected chi connectivity index (χ0v) is 44.9. The number of nitrogens with zero attached hydrogens (tertiary/aromatic N) is 2. The molecule has 7 rings (SSSR count). The summed E-state index contributed by atoms with van der Waals surface area (Å²) in [5.74, 6) is -8.42. The number of anilines is 1. The number of benzene rings is 1. The molecule has 4 bridgehead atoms. The maximum atomic E-state index is 14.5. The number of hydroxylamine groups is 1. The molecule has 3 fully saturated rings. The van der Waals surface area contributed by atoms with Gasteiger partial charge in [-0.1, -0.05) is 71.0 Å². The van der Waals surface area contributed by atoms with Gasteiger partial charge in [0.05, 0.1) is 36.1 Å². The summed E-state index contributed by atoms with van der Waals surface area (Å²) in [6.45, 7) is 12.8. The first-order chi connectivity index (χ1) is 34.7. The molecule has 0 spiro atoms. The molecule has 5 aliphatic heterocycles. The molecule has 17 atom stereocenters. The normalized spacial score (nSPS) is 39.2. The number of aliphatic hydroxyl groups is 3. The number of allylic oxidation sites excluding steroid dienone is 1. The second kappa shape index (κ2) is 26.1. The van der Waals surface area contributed by atoms with Gasteiger partial charge in [0.1, 0.15) is 36.2 Å². The number of ether oxygens (including phenoxy) is 5. The van der Waals surface area contributed by atoms with E-state index in [1.54, 1.807) is 41.1 Å². The van der Waals surface area contributed by atoms with Gasteiger partial charge < -0.3 is 43.9 Å². The minimum Gasteiger partial charge on any atom is -0.460 e. The number of hydrogen-bond donors (Lipinski definition) is 3. The molecule has 2 saturated heterocycles. The van der Waals surface area contributed by atoms with Crippen LogP contribution >= 0.6 is 0 Å². The number of Topliss-reactive ketones (excluding diaryl/α,β-unsaturated/α-hetero) is 3. The van der Waals surface area contributed by atoms with Gasteiger partial charge in [0.25, 0.3) is 11.7 Å². The summed E-state index contributed by atoms with van der Waals surface area (Å²) in [6.07, 6.45) is 6.48. The topological polar surface area (TPSA) is 208 Å². The Labute approximate surface area is 432 Å². The zero-order valence-electron chi connectivity index (χ0n) is 44.9. The van der Waals surface area contributed by atoms with E-state index in [4.69, 9.17) is 28.5 Å². The number of para-hydroxylation sites is 1. The van der Waals surface area contributed by atoms with Gasteiger partial charge in [-0.25, -0.2) is 9.86 Å². The number of methoxy groups -OCH3 is 3. The molecule has 16 nitrogen and oxygen atoms in total. The molecule has 5 heterocycles. The Morgan fingerprint density at radius 1 is 0.822 bits per heavy atom. The van der Waals surface area contributed by atoms with Gasteiger partial charge in [-0.2, -0.15) is 0 Å². The van der Waals surface area contributed by atoms with Crippen molar-refractivity contribution in [2.45, 2.75) is 192 Å². The number of aliphatic hydroxyl groups excluding tert-OH is 2. The van der Waals surface area contributed by atoms with Gasteiger partial charge in [0.15, 0.2) is 5.78 Å². The molecule has 2 unspecified atom stereocenters. The summed E-state index contributed by atoms with van der Waals surface area (Å²) in [6, 6.07) is 8.24. The van der Waals surface area contributed by atoms with E-state index in [-0.39, 0.29) is 67.3 Å². The van der Waals surface area contributed by atoms with Crippen LogP contribution in [0.15, 0.2) is 65.8 Å². The van der Waals surface area contributed by atoms with Crippen LogP contribution in [-0.4, -0.2) is 144 Å². The maximum Gasteiger partial charge on any atom is 0.329 e. The second-order valence-electron chi connectivity index (χ2n) is 21.9. The van der Waals surface area contributed by atoms with Crippen LogP contribution in [0.25, 0.3) is 0 Å². The number of fused-ring (bicyclic) bond motifs is 16. The summed E-state index contributed by atoms with van der Waals surface area (Å²) in [7, 11) is 4.53. The van der Waals surface area contributed by atoms with E-state index < -0.39 is 90.0 Å². The lowest BCUT2D eigenvalue weighted by molar-refractivity contribution is -0.265. The van der Waals surface area contributed by atoms with Crippen LogP contribution in [-0.2, 0) is 52.5 Å². The van der Waals surface area contributed by atoms with Crippen LogP contribution in [0.3, 0.4) is 0 Å². The first kappa shape index (κ1) is 58.1. The Kier molecular flexibility index (Phi) is 20.8. The van der Waals surface area contributed by atoms with Crippen molar-refractivity contribution in [1.29, 1.82) is 0 Å². The standard InChI is InChI=1S/C57H84N2O14/c1-33-26-37(5)51(62)53(70-10)52(63)38(6)27-34(2)47(61)32-49(35(3)28-40-20-24-46(60)50(30-40)69-9)71-56(66)45-18-14-15-25-58(45)55(65)54(64)57(67)39(7)19-21-42(72-57)31-48(68-8)36(4)29-43-22-23-44(33)59(73-43)41-16-12-11-13-17-41/h11-13,16-17,22-23,27,29,33-35,37,39-40,42-46,48-50,52-53,60,63,67H,14-15,18-21,24-26,28,30-32H2,1-10H3/b36-29+,38-27-/t33-,34+,35+,37+,39+,40-,42-,43?,44?,45-,46+,48-,49-,50+,52+,53-,57+/m0/s1. The predicted molar refractivity (Wildman–Crippen MR) is 274 cm³/mol. The first-order valence-electron chi connectivity index (χ1n) is 26.7. The molecular formula is C57H84N2O14. The van der Waals surface area contributed by atoms with E-state index in [9.17, 15) is 39.3 Å². The van der Waals surface area contributed by atoms with Crippen LogP contribution in [0, 0.1) is 35.5 Å².